The van der Waals surface area contributed by atoms with Crippen molar-refractivity contribution in [1.82, 2.24) is 4.90 Å². The summed E-state index contributed by atoms with van der Waals surface area (Å²) in [5, 5.41) is 9.32. The third-order valence-electron chi connectivity index (χ3n) is 12.5. The molecule has 9 atom stereocenters. The van der Waals surface area contributed by atoms with Crippen LogP contribution in [-0.4, -0.2) is 47.9 Å². The van der Waals surface area contributed by atoms with Crippen LogP contribution in [0, 0.1) is 46.3 Å². The zero-order valence-corrected chi connectivity index (χ0v) is 22.8. The van der Waals surface area contributed by atoms with Gasteiger partial charge in [-0.1, -0.05) is 40.0 Å². The molecule has 0 spiro atoms. The molecule has 200 valence electrons. The maximum Gasteiger partial charge on any atom is 0.409 e. The molecule has 1 aliphatic heterocycles. The van der Waals surface area contributed by atoms with Crippen LogP contribution in [0.1, 0.15) is 104 Å². The van der Waals surface area contributed by atoms with E-state index in [0.29, 0.717) is 36.4 Å². The highest BCUT2D eigenvalue weighted by atomic mass is 16.6. The molecule has 0 radical (unpaired) electrons. The van der Waals surface area contributed by atoms with Crippen molar-refractivity contribution >= 4 is 6.09 Å². The van der Waals surface area contributed by atoms with Crippen LogP contribution in [0.25, 0.3) is 0 Å². The van der Waals surface area contributed by atoms with Gasteiger partial charge in [0.05, 0.1) is 6.61 Å². The molecule has 35 heavy (non-hydrogen) atoms. The lowest BCUT2D eigenvalue weighted by Crippen LogP contribution is -2.71. The number of carbonyl (C=O) groups is 1. The zero-order valence-electron chi connectivity index (χ0n) is 22.8. The highest BCUT2D eigenvalue weighted by Crippen LogP contribution is 2.69. The number of ether oxygens (including phenoxy) is 1. The molecule has 5 fully saturated rings. The summed E-state index contributed by atoms with van der Waals surface area (Å²) in [5.41, 5.74) is 8.34. The van der Waals surface area contributed by atoms with Crippen LogP contribution in [0.4, 0.5) is 4.79 Å². The number of rotatable bonds is 6. The summed E-state index contributed by atoms with van der Waals surface area (Å²) in [6.07, 6.45) is 16.2. The van der Waals surface area contributed by atoms with Gasteiger partial charge in [0.15, 0.2) is 0 Å². The molecule has 5 aliphatic rings. The number of carbonyl (C=O) groups excluding carboxylic acids is 1. The number of hydrogen-bond donors (Lipinski definition) is 2. The molecule has 1 heterocycles. The van der Waals surface area contributed by atoms with Crippen LogP contribution >= 0.6 is 0 Å². The number of nitrogens with zero attached hydrogens (tertiary/aromatic N) is 1. The topological polar surface area (TPSA) is 75.8 Å². The van der Waals surface area contributed by atoms with Crippen LogP contribution in [-0.2, 0) is 4.74 Å². The molecular formula is C30H52N2O3. The van der Waals surface area contributed by atoms with Crippen molar-refractivity contribution in [3.63, 3.8) is 0 Å². The third-order valence-corrected chi connectivity index (χ3v) is 12.5. The quantitative estimate of drug-likeness (QED) is 0.451. The second-order valence-corrected chi connectivity index (χ2v) is 13.7. The third kappa shape index (κ3) is 4.15. The van der Waals surface area contributed by atoms with E-state index in [4.69, 9.17) is 10.5 Å². The highest BCUT2D eigenvalue weighted by molar-refractivity contribution is 5.67. The first-order chi connectivity index (χ1) is 16.8. The Morgan fingerprint density at radius 1 is 1.06 bits per heavy atom. The smallest absolute Gasteiger partial charge is 0.409 e. The Morgan fingerprint density at radius 2 is 1.89 bits per heavy atom. The summed E-state index contributed by atoms with van der Waals surface area (Å²) in [6, 6.07) is 0. The van der Waals surface area contributed by atoms with Crippen molar-refractivity contribution in [3.05, 3.63) is 0 Å². The average molecular weight is 489 g/mol. The first-order valence-electron chi connectivity index (χ1n) is 15.1. The second-order valence-electron chi connectivity index (χ2n) is 13.7. The van der Waals surface area contributed by atoms with Gasteiger partial charge in [0, 0.05) is 31.2 Å². The van der Waals surface area contributed by atoms with Gasteiger partial charge in [-0.05, 0) is 105 Å². The molecule has 0 aromatic heterocycles. The predicted octanol–water partition coefficient (Wildman–Crippen LogP) is 5.98. The fourth-order valence-corrected chi connectivity index (χ4v) is 10.3. The Kier molecular flexibility index (Phi) is 7.24. The lowest BCUT2D eigenvalue weighted by molar-refractivity contribution is -0.152. The number of amides is 1. The highest BCUT2D eigenvalue weighted by Gasteiger charge is 2.66. The van der Waals surface area contributed by atoms with E-state index < -0.39 is 0 Å². The van der Waals surface area contributed by atoms with E-state index in [9.17, 15) is 9.90 Å². The number of fused-ring (bicyclic) bond motifs is 5. The minimum Gasteiger partial charge on any atom is -0.449 e. The lowest BCUT2D eigenvalue weighted by Gasteiger charge is -2.68. The molecule has 3 N–H and O–H groups in total. The number of aliphatic hydroxyl groups is 1. The molecule has 1 saturated heterocycles. The maximum absolute atomic E-state index is 12.4. The number of nitrogens with two attached hydrogens (primary N) is 1. The van der Waals surface area contributed by atoms with Crippen LogP contribution < -0.4 is 5.73 Å². The van der Waals surface area contributed by atoms with Crippen LogP contribution in [0.2, 0.25) is 0 Å². The Balaban J connectivity index is 1.20. The van der Waals surface area contributed by atoms with Gasteiger partial charge < -0.3 is 20.5 Å². The molecular weight excluding hydrogens is 436 g/mol. The van der Waals surface area contributed by atoms with Crippen molar-refractivity contribution in [2.75, 3.05) is 26.3 Å². The molecule has 5 nitrogen and oxygen atoms in total. The molecule has 5 rings (SSSR count). The fraction of sp³-hybridized carbons (Fsp3) is 0.967. The Morgan fingerprint density at radius 3 is 2.63 bits per heavy atom. The number of hydrogen-bond acceptors (Lipinski definition) is 4. The van der Waals surface area contributed by atoms with E-state index in [1.807, 2.05) is 0 Å². The summed E-state index contributed by atoms with van der Waals surface area (Å²) in [6.45, 7) is 9.66. The van der Waals surface area contributed by atoms with Crippen LogP contribution in [0.15, 0.2) is 0 Å². The van der Waals surface area contributed by atoms with Gasteiger partial charge in [-0.15, -0.1) is 0 Å². The fourth-order valence-electron chi connectivity index (χ4n) is 10.3. The molecule has 4 aliphatic carbocycles. The van der Waals surface area contributed by atoms with E-state index in [2.05, 4.69) is 20.8 Å². The lowest BCUT2D eigenvalue weighted by atomic mass is 9.39. The van der Waals surface area contributed by atoms with Gasteiger partial charge in [-0.2, -0.15) is 0 Å². The summed E-state index contributed by atoms with van der Waals surface area (Å²) < 4.78 is 5.64. The molecule has 0 bridgehead atoms. The second kappa shape index (κ2) is 9.82. The first-order valence-corrected chi connectivity index (χ1v) is 15.1. The van der Waals surface area contributed by atoms with E-state index in [1.54, 1.807) is 4.90 Å². The summed E-state index contributed by atoms with van der Waals surface area (Å²) in [5.74, 6) is 4.10. The van der Waals surface area contributed by atoms with Gasteiger partial charge in [0.25, 0.3) is 0 Å². The molecule has 1 amide bonds. The van der Waals surface area contributed by atoms with Crippen LogP contribution in [0.3, 0.4) is 0 Å². The Bertz CT molecular complexity index is 775. The molecule has 4 saturated carbocycles. The van der Waals surface area contributed by atoms with E-state index in [0.717, 1.165) is 36.5 Å². The summed E-state index contributed by atoms with van der Waals surface area (Å²) >= 11 is 0. The van der Waals surface area contributed by atoms with Crippen molar-refractivity contribution in [3.8, 4) is 0 Å². The molecule has 4 unspecified atom stereocenters. The standard InChI is InChI=1S/C30H52N2O3/c1-4-22-18-26-25-11-10-23(8-7-17-35-27(34)32-16-12-21(19-32)20-33)28(25,2)14-15-30(26,31)29(3)13-6-5-9-24(22)29/h21-26,33H,4-20,31H2,1-3H3/t21?,22-,23?,24-,25?,26-,28?,29-,30+/m0/s1. The normalized spacial score (nSPS) is 47.2. The van der Waals surface area contributed by atoms with Gasteiger partial charge >= 0.3 is 6.09 Å². The molecule has 0 aromatic carbocycles. The zero-order chi connectivity index (χ0) is 24.8. The summed E-state index contributed by atoms with van der Waals surface area (Å²) in [4.78, 5) is 14.2. The number of aliphatic hydroxyl groups excluding tert-OH is 1. The summed E-state index contributed by atoms with van der Waals surface area (Å²) in [7, 11) is 0. The van der Waals surface area contributed by atoms with Gasteiger partial charge in [-0.3, -0.25) is 0 Å². The monoisotopic (exact) mass is 488 g/mol. The Labute approximate surface area is 213 Å². The van der Waals surface area contributed by atoms with E-state index in [-0.39, 0.29) is 24.2 Å². The first kappa shape index (κ1) is 25.8. The van der Waals surface area contributed by atoms with Gasteiger partial charge in [-0.25, -0.2) is 4.79 Å². The Hall–Kier alpha value is -0.810. The SMILES string of the molecule is CC[C@H]1C[C@H]2C3CCC(CCCOC(=O)N4CCC(CO)C4)C3(C)CC[C@]2(N)[C@@]2(C)CCCC[C@@H]12. The molecule has 5 heteroatoms. The van der Waals surface area contributed by atoms with Crippen molar-refractivity contribution in [1.29, 1.82) is 0 Å². The maximum atomic E-state index is 12.4. The van der Waals surface area contributed by atoms with Crippen molar-refractivity contribution in [2.45, 2.75) is 110 Å². The minimum absolute atomic E-state index is 0.0283. The molecule has 0 aromatic rings. The van der Waals surface area contributed by atoms with Crippen molar-refractivity contribution < 1.29 is 14.6 Å². The van der Waals surface area contributed by atoms with Gasteiger partial charge in [0.1, 0.15) is 0 Å². The van der Waals surface area contributed by atoms with Crippen LogP contribution in [0.5, 0.6) is 0 Å². The van der Waals surface area contributed by atoms with Crippen molar-refractivity contribution in [2.24, 2.45) is 52.1 Å². The largest absolute Gasteiger partial charge is 0.449 e. The van der Waals surface area contributed by atoms with E-state index >= 15 is 0 Å². The number of likely N-dealkylation sites (tertiary alicyclic amines) is 1. The predicted molar refractivity (Wildman–Crippen MR) is 140 cm³/mol. The van der Waals surface area contributed by atoms with E-state index in [1.165, 1.54) is 70.6 Å². The van der Waals surface area contributed by atoms with Gasteiger partial charge in [0.2, 0.25) is 0 Å². The average Bonchev–Trinajstić information content (AvgIpc) is 3.47. The minimum atomic E-state index is -0.190.